The Balaban J connectivity index is 2.46. The average molecular weight is 297 g/mol. The maximum atomic E-state index is 13.6. The Morgan fingerprint density at radius 2 is 2.05 bits per heavy atom. The largest absolute Gasteiger partial charge is 0.478 e. The van der Waals surface area contributed by atoms with Crippen LogP contribution in [0.5, 0.6) is 0 Å². The van der Waals surface area contributed by atoms with E-state index in [1.54, 1.807) is 4.90 Å². The lowest BCUT2D eigenvalue weighted by Gasteiger charge is -2.23. The fourth-order valence-corrected chi connectivity index (χ4v) is 2.40. The second-order valence-electron chi connectivity index (χ2n) is 5.03. The first kappa shape index (κ1) is 15.2. The standard InChI is InChI=1S/C13H16FN3O4/c1-15-3-2-4-16(6-5-15)11-7-9(13(18)19)10(14)8-12(11)17(20)21/h7-8H,2-6H2,1H3,(H,18,19). The molecule has 2 rings (SSSR count). The van der Waals surface area contributed by atoms with Crippen LogP contribution in [0.3, 0.4) is 0 Å². The summed E-state index contributed by atoms with van der Waals surface area (Å²) in [7, 11) is 1.95. The zero-order valence-corrected chi connectivity index (χ0v) is 11.6. The topological polar surface area (TPSA) is 86.9 Å². The van der Waals surface area contributed by atoms with Crippen LogP contribution in [0, 0.1) is 15.9 Å². The van der Waals surface area contributed by atoms with Gasteiger partial charge in [-0.1, -0.05) is 0 Å². The highest BCUT2D eigenvalue weighted by Gasteiger charge is 2.26. The number of carboxylic acid groups (broad SMARTS) is 1. The molecule has 8 heteroatoms. The van der Waals surface area contributed by atoms with Crippen molar-refractivity contribution in [3.05, 3.63) is 33.6 Å². The molecule has 0 saturated carbocycles. The molecule has 7 nitrogen and oxygen atoms in total. The van der Waals surface area contributed by atoms with Crippen molar-refractivity contribution in [2.75, 3.05) is 38.1 Å². The normalized spacial score (nSPS) is 16.6. The molecule has 0 unspecified atom stereocenters. The summed E-state index contributed by atoms with van der Waals surface area (Å²) < 4.78 is 13.6. The summed E-state index contributed by atoms with van der Waals surface area (Å²) in [6.45, 7) is 2.66. The molecule has 0 amide bonds. The fraction of sp³-hybridized carbons (Fsp3) is 0.462. The van der Waals surface area contributed by atoms with Crippen molar-refractivity contribution in [1.82, 2.24) is 4.90 Å². The summed E-state index contributed by atoms with van der Waals surface area (Å²) in [4.78, 5) is 25.3. The zero-order chi connectivity index (χ0) is 15.6. The summed E-state index contributed by atoms with van der Waals surface area (Å²) in [5.41, 5.74) is -0.788. The van der Waals surface area contributed by atoms with E-state index in [0.717, 1.165) is 19.0 Å². The van der Waals surface area contributed by atoms with Crippen molar-refractivity contribution in [3.63, 3.8) is 0 Å². The highest BCUT2D eigenvalue weighted by atomic mass is 19.1. The first-order valence-electron chi connectivity index (χ1n) is 6.55. The van der Waals surface area contributed by atoms with Crippen molar-refractivity contribution < 1.29 is 19.2 Å². The summed E-state index contributed by atoms with van der Waals surface area (Å²) in [6.07, 6.45) is 0.799. The van der Waals surface area contributed by atoms with Crippen LogP contribution in [-0.4, -0.2) is 54.1 Å². The summed E-state index contributed by atoms with van der Waals surface area (Å²) >= 11 is 0. The summed E-state index contributed by atoms with van der Waals surface area (Å²) in [6, 6.07) is 1.74. The number of hydrogen-bond acceptors (Lipinski definition) is 5. The lowest BCUT2D eigenvalue weighted by molar-refractivity contribution is -0.384. The number of carboxylic acids is 1. The van der Waals surface area contributed by atoms with Crippen LogP contribution in [0.25, 0.3) is 0 Å². The molecule has 0 aromatic heterocycles. The van der Waals surface area contributed by atoms with Crippen molar-refractivity contribution in [2.45, 2.75) is 6.42 Å². The molecule has 1 aliphatic rings. The van der Waals surface area contributed by atoms with Gasteiger partial charge in [0.1, 0.15) is 11.5 Å². The molecule has 1 aliphatic heterocycles. The summed E-state index contributed by atoms with van der Waals surface area (Å²) in [5.74, 6) is -2.53. The minimum Gasteiger partial charge on any atom is -0.478 e. The van der Waals surface area contributed by atoms with Crippen molar-refractivity contribution >= 4 is 17.3 Å². The lowest BCUT2D eigenvalue weighted by atomic mass is 10.1. The van der Waals surface area contributed by atoms with Gasteiger partial charge in [-0.2, -0.15) is 0 Å². The maximum absolute atomic E-state index is 13.6. The number of halogens is 1. The van der Waals surface area contributed by atoms with Gasteiger partial charge in [0.15, 0.2) is 0 Å². The van der Waals surface area contributed by atoms with E-state index in [1.807, 2.05) is 7.05 Å². The van der Waals surface area contributed by atoms with Crippen molar-refractivity contribution in [1.29, 1.82) is 0 Å². The van der Waals surface area contributed by atoms with E-state index in [2.05, 4.69) is 4.90 Å². The predicted molar refractivity (Wildman–Crippen MR) is 74.3 cm³/mol. The number of anilines is 1. The van der Waals surface area contributed by atoms with E-state index < -0.39 is 28.0 Å². The molecule has 1 N–H and O–H groups in total. The molecule has 1 heterocycles. The third-order valence-electron chi connectivity index (χ3n) is 3.55. The number of rotatable bonds is 3. The summed E-state index contributed by atoms with van der Waals surface area (Å²) in [5, 5.41) is 20.1. The lowest BCUT2D eigenvalue weighted by Crippen LogP contribution is -2.29. The molecule has 0 bridgehead atoms. The molecule has 0 aliphatic carbocycles. The Labute approximate surface area is 120 Å². The maximum Gasteiger partial charge on any atom is 0.338 e. The van der Waals surface area contributed by atoms with Crippen LogP contribution in [0.15, 0.2) is 12.1 Å². The number of aromatic carboxylic acids is 1. The molecular weight excluding hydrogens is 281 g/mol. The van der Waals surface area contributed by atoms with Crippen molar-refractivity contribution in [2.24, 2.45) is 0 Å². The van der Waals surface area contributed by atoms with Gasteiger partial charge in [-0.3, -0.25) is 10.1 Å². The van der Waals surface area contributed by atoms with Crippen LogP contribution in [0.4, 0.5) is 15.8 Å². The number of nitrogens with zero attached hydrogens (tertiary/aromatic N) is 3. The van der Waals surface area contributed by atoms with Crippen molar-refractivity contribution in [3.8, 4) is 0 Å². The fourth-order valence-electron chi connectivity index (χ4n) is 2.40. The molecule has 0 radical (unpaired) electrons. The first-order valence-corrected chi connectivity index (χ1v) is 6.55. The predicted octanol–water partition coefficient (Wildman–Crippen LogP) is 1.57. The van der Waals surface area contributed by atoms with E-state index in [-0.39, 0.29) is 5.69 Å². The molecule has 0 spiro atoms. The van der Waals surface area contributed by atoms with E-state index in [9.17, 15) is 19.3 Å². The van der Waals surface area contributed by atoms with Crippen LogP contribution < -0.4 is 4.90 Å². The van der Waals surface area contributed by atoms with Gasteiger partial charge in [0.2, 0.25) is 0 Å². The Morgan fingerprint density at radius 3 is 2.67 bits per heavy atom. The number of likely N-dealkylation sites (N-methyl/N-ethyl adjacent to an activating group) is 1. The molecule has 1 aromatic carbocycles. The third kappa shape index (κ3) is 3.27. The number of nitro groups is 1. The van der Waals surface area contributed by atoms with Gasteiger partial charge in [-0.15, -0.1) is 0 Å². The minimum absolute atomic E-state index is 0.161. The van der Waals surface area contributed by atoms with E-state index in [0.29, 0.717) is 25.7 Å². The SMILES string of the molecule is CN1CCCN(c2cc(C(=O)O)c(F)cc2[N+](=O)[O-])CC1. The van der Waals surface area contributed by atoms with E-state index in [1.165, 1.54) is 0 Å². The highest BCUT2D eigenvalue weighted by Crippen LogP contribution is 2.31. The number of hydrogen-bond donors (Lipinski definition) is 1. The Hall–Kier alpha value is -2.22. The van der Waals surface area contributed by atoms with Crippen LogP contribution in [0.2, 0.25) is 0 Å². The Bertz CT molecular complexity index is 579. The van der Waals surface area contributed by atoms with Gasteiger partial charge in [0.05, 0.1) is 16.6 Å². The smallest absolute Gasteiger partial charge is 0.338 e. The van der Waals surface area contributed by atoms with Gasteiger partial charge in [0.25, 0.3) is 5.69 Å². The quantitative estimate of drug-likeness (QED) is 0.673. The van der Waals surface area contributed by atoms with Gasteiger partial charge in [0, 0.05) is 19.6 Å². The van der Waals surface area contributed by atoms with Gasteiger partial charge in [-0.05, 0) is 26.1 Å². The van der Waals surface area contributed by atoms with Gasteiger partial charge >= 0.3 is 5.97 Å². The number of benzene rings is 1. The highest BCUT2D eigenvalue weighted by molar-refractivity contribution is 5.90. The van der Waals surface area contributed by atoms with Gasteiger partial charge in [-0.25, -0.2) is 9.18 Å². The second kappa shape index (κ2) is 6.04. The van der Waals surface area contributed by atoms with E-state index in [4.69, 9.17) is 5.11 Å². The van der Waals surface area contributed by atoms with Crippen LogP contribution in [-0.2, 0) is 0 Å². The zero-order valence-electron chi connectivity index (χ0n) is 11.6. The Morgan fingerprint density at radius 1 is 1.33 bits per heavy atom. The van der Waals surface area contributed by atoms with Gasteiger partial charge < -0.3 is 14.9 Å². The molecule has 1 aromatic rings. The molecule has 0 atom stereocenters. The average Bonchev–Trinajstić information content (AvgIpc) is 2.62. The molecule has 1 fully saturated rings. The minimum atomic E-state index is -1.43. The monoisotopic (exact) mass is 297 g/mol. The number of nitro benzene ring substituents is 1. The number of carbonyl (C=O) groups is 1. The third-order valence-corrected chi connectivity index (χ3v) is 3.55. The van der Waals surface area contributed by atoms with Crippen LogP contribution in [0.1, 0.15) is 16.8 Å². The second-order valence-corrected chi connectivity index (χ2v) is 5.03. The molecule has 1 saturated heterocycles. The molecule has 114 valence electrons. The first-order chi connectivity index (χ1) is 9.90. The van der Waals surface area contributed by atoms with Crippen LogP contribution >= 0.6 is 0 Å². The molecular formula is C13H16FN3O4. The molecule has 21 heavy (non-hydrogen) atoms. The Kier molecular flexibility index (Phi) is 4.37. The van der Waals surface area contributed by atoms with E-state index >= 15 is 0 Å².